The van der Waals surface area contributed by atoms with E-state index in [1.54, 1.807) is 18.2 Å². The Morgan fingerprint density at radius 3 is 2.55 bits per heavy atom. The summed E-state index contributed by atoms with van der Waals surface area (Å²) in [6, 6.07) is 8.59. The third-order valence-corrected chi connectivity index (χ3v) is 4.87. The quantitative estimate of drug-likeness (QED) is 0.782. The number of alkyl halides is 3. The van der Waals surface area contributed by atoms with E-state index in [9.17, 15) is 18.0 Å². The van der Waals surface area contributed by atoms with Crippen LogP contribution in [0.3, 0.4) is 0 Å². The Hall–Kier alpha value is -3.10. The highest BCUT2D eigenvalue weighted by atomic mass is 19.4. The zero-order valence-corrected chi connectivity index (χ0v) is 15.5. The summed E-state index contributed by atoms with van der Waals surface area (Å²) in [7, 11) is 0. The lowest BCUT2D eigenvalue weighted by Crippen LogP contribution is -2.24. The molecule has 1 saturated heterocycles. The standard InChI is InChI=1S/C20H20F3N3O3/c21-20(22,23)13-3-5-16(26-7-1-2-8-26)15(9-13)24-11-19(27)25-14-4-6-17-18(10-14)29-12-28-17/h3-6,9-10,24H,1-2,7-8,11-12H2,(H,25,27). The predicted octanol–water partition coefficient (Wildman–Crippen LogP) is 4.08. The van der Waals surface area contributed by atoms with Crippen LogP contribution in [0.2, 0.25) is 0 Å². The maximum absolute atomic E-state index is 13.1. The molecule has 2 aromatic carbocycles. The highest BCUT2D eigenvalue weighted by Gasteiger charge is 2.31. The first-order chi connectivity index (χ1) is 13.9. The van der Waals surface area contributed by atoms with Gasteiger partial charge in [0.25, 0.3) is 0 Å². The van der Waals surface area contributed by atoms with Crippen LogP contribution in [0.25, 0.3) is 0 Å². The SMILES string of the molecule is O=C(CNc1cc(C(F)(F)F)ccc1N1CCCC1)Nc1ccc2c(c1)OCO2. The highest BCUT2D eigenvalue weighted by Crippen LogP contribution is 2.37. The number of nitrogens with one attached hydrogen (secondary N) is 2. The van der Waals surface area contributed by atoms with Crippen LogP contribution >= 0.6 is 0 Å². The van der Waals surface area contributed by atoms with E-state index in [2.05, 4.69) is 10.6 Å². The van der Waals surface area contributed by atoms with Crippen LogP contribution in [-0.2, 0) is 11.0 Å². The molecular weight excluding hydrogens is 387 g/mol. The fourth-order valence-electron chi connectivity index (χ4n) is 3.44. The van der Waals surface area contributed by atoms with Crippen molar-refractivity contribution in [3.05, 3.63) is 42.0 Å². The fraction of sp³-hybridized carbons (Fsp3) is 0.350. The monoisotopic (exact) mass is 407 g/mol. The van der Waals surface area contributed by atoms with Crippen LogP contribution < -0.4 is 25.0 Å². The molecule has 29 heavy (non-hydrogen) atoms. The van der Waals surface area contributed by atoms with Gasteiger partial charge in [0.15, 0.2) is 11.5 Å². The van der Waals surface area contributed by atoms with Crippen LogP contribution in [0.1, 0.15) is 18.4 Å². The van der Waals surface area contributed by atoms with Crippen molar-refractivity contribution < 1.29 is 27.4 Å². The number of carbonyl (C=O) groups excluding carboxylic acids is 1. The number of nitrogens with zero attached hydrogens (tertiary/aromatic N) is 1. The number of hydrogen-bond acceptors (Lipinski definition) is 5. The number of hydrogen-bond donors (Lipinski definition) is 2. The predicted molar refractivity (Wildman–Crippen MR) is 103 cm³/mol. The molecule has 2 aromatic rings. The van der Waals surface area contributed by atoms with Crippen molar-refractivity contribution in [2.75, 3.05) is 42.0 Å². The molecule has 154 valence electrons. The van der Waals surface area contributed by atoms with Crippen molar-refractivity contribution in [3.8, 4) is 11.5 Å². The summed E-state index contributed by atoms with van der Waals surface area (Å²) < 4.78 is 49.9. The molecule has 6 nitrogen and oxygen atoms in total. The molecule has 0 spiro atoms. The van der Waals surface area contributed by atoms with E-state index in [4.69, 9.17) is 9.47 Å². The second kappa shape index (κ2) is 7.73. The molecule has 0 saturated carbocycles. The molecule has 2 aliphatic rings. The van der Waals surface area contributed by atoms with Crippen LogP contribution in [0.4, 0.5) is 30.2 Å². The molecule has 1 fully saturated rings. The second-order valence-electron chi connectivity index (χ2n) is 6.89. The van der Waals surface area contributed by atoms with Gasteiger partial charge >= 0.3 is 6.18 Å². The van der Waals surface area contributed by atoms with E-state index >= 15 is 0 Å². The largest absolute Gasteiger partial charge is 0.454 e. The number of ether oxygens (including phenoxy) is 2. The third kappa shape index (κ3) is 4.33. The molecule has 2 aliphatic heterocycles. The molecule has 0 bridgehead atoms. The average Bonchev–Trinajstić information content (AvgIpc) is 3.37. The van der Waals surface area contributed by atoms with Crippen LogP contribution in [0, 0.1) is 0 Å². The lowest BCUT2D eigenvalue weighted by molar-refractivity contribution is -0.137. The third-order valence-electron chi connectivity index (χ3n) is 4.87. The van der Waals surface area contributed by atoms with Gasteiger partial charge in [0, 0.05) is 24.8 Å². The van der Waals surface area contributed by atoms with Gasteiger partial charge in [-0.1, -0.05) is 0 Å². The van der Waals surface area contributed by atoms with Gasteiger partial charge in [-0.05, 0) is 43.2 Å². The Balaban J connectivity index is 1.46. The Morgan fingerprint density at radius 1 is 1.03 bits per heavy atom. The first kappa shape index (κ1) is 19.2. The molecule has 4 rings (SSSR count). The van der Waals surface area contributed by atoms with Crippen molar-refractivity contribution in [2.24, 2.45) is 0 Å². The van der Waals surface area contributed by atoms with Gasteiger partial charge < -0.3 is 25.0 Å². The number of anilines is 3. The first-order valence-corrected chi connectivity index (χ1v) is 9.30. The second-order valence-corrected chi connectivity index (χ2v) is 6.89. The summed E-state index contributed by atoms with van der Waals surface area (Å²) >= 11 is 0. The van der Waals surface area contributed by atoms with E-state index in [-0.39, 0.29) is 19.2 Å². The van der Waals surface area contributed by atoms with Crippen LogP contribution in [-0.4, -0.2) is 32.3 Å². The lowest BCUT2D eigenvalue weighted by atomic mass is 10.1. The average molecular weight is 407 g/mol. The van der Waals surface area contributed by atoms with Crippen LogP contribution in [0.15, 0.2) is 36.4 Å². The Kier molecular flexibility index (Phi) is 5.12. The topological polar surface area (TPSA) is 62.8 Å². The highest BCUT2D eigenvalue weighted by molar-refractivity contribution is 5.94. The van der Waals surface area contributed by atoms with Gasteiger partial charge in [0.1, 0.15) is 0 Å². The fourth-order valence-corrected chi connectivity index (χ4v) is 3.44. The first-order valence-electron chi connectivity index (χ1n) is 9.30. The summed E-state index contributed by atoms with van der Waals surface area (Å²) in [5.41, 5.74) is 0.734. The molecule has 9 heteroatoms. The minimum Gasteiger partial charge on any atom is -0.454 e. The van der Waals surface area contributed by atoms with Gasteiger partial charge in [0.2, 0.25) is 12.7 Å². The number of halogens is 3. The van der Waals surface area contributed by atoms with E-state index in [1.807, 2.05) is 4.90 Å². The number of benzene rings is 2. The van der Waals surface area contributed by atoms with E-state index in [1.165, 1.54) is 6.07 Å². The van der Waals surface area contributed by atoms with Gasteiger partial charge in [-0.2, -0.15) is 13.2 Å². The summed E-state index contributed by atoms with van der Waals surface area (Å²) in [5.74, 6) is 0.749. The maximum atomic E-state index is 13.1. The van der Waals surface area contributed by atoms with Crippen molar-refractivity contribution >= 4 is 23.0 Å². The molecule has 0 aliphatic carbocycles. The zero-order valence-electron chi connectivity index (χ0n) is 15.5. The van der Waals surface area contributed by atoms with E-state index in [0.29, 0.717) is 28.6 Å². The Bertz CT molecular complexity index is 912. The number of amides is 1. The molecular formula is C20H20F3N3O3. The molecule has 0 atom stereocenters. The summed E-state index contributed by atoms with van der Waals surface area (Å²) in [6.45, 7) is 1.52. The summed E-state index contributed by atoms with van der Waals surface area (Å²) in [5, 5.41) is 5.57. The Morgan fingerprint density at radius 2 is 1.79 bits per heavy atom. The minimum absolute atomic E-state index is 0.128. The van der Waals surface area contributed by atoms with Gasteiger partial charge in [-0.25, -0.2) is 0 Å². The van der Waals surface area contributed by atoms with Gasteiger partial charge in [-0.15, -0.1) is 0 Å². The van der Waals surface area contributed by atoms with Gasteiger partial charge in [-0.3, -0.25) is 4.79 Å². The number of carbonyl (C=O) groups is 1. The zero-order chi connectivity index (χ0) is 20.4. The van der Waals surface area contributed by atoms with E-state index < -0.39 is 11.7 Å². The van der Waals surface area contributed by atoms with Crippen molar-refractivity contribution in [3.63, 3.8) is 0 Å². The van der Waals surface area contributed by atoms with Crippen molar-refractivity contribution in [1.29, 1.82) is 0 Å². The van der Waals surface area contributed by atoms with E-state index in [0.717, 1.165) is 38.1 Å². The van der Waals surface area contributed by atoms with Crippen molar-refractivity contribution in [1.82, 2.24) is 0 Å². The number of fused-ring (bicyclic) bond motifs is 1. The Labute approximate surface area is 165 Å². The lowest BCUT2D eigenvalue weighted by Gasteiger charge is -2.23. The van der Waals surface area contributed by atoms with Crippen LogP contribution in [0.5, 0.6) is 11.5 Å². The molecule has 0 unspecified atom stereocenters. The number of rotatable bonds is 5. The summed E-state index contributed by atoms with van der Waals surface area (Å²) in [4.78, 5) is 14.3. The van der Waals surface area contributed by atoms with Crippen molar-refractivity contribution in [2.45, 2.75) is 19.0 Å². The molecule has 2 N–H and O–H groups in total. The minimum atomic E-state index is -4.45. The normalized spacial score (nSPS) is 15.5. The smallest absolute Gasteiger partial charge is 0.416 e. The molecule has 0 aromatic heterocycles. The maximum Gasteiger partial charge on any atom is 0.416 e. The molecule has 2 heterocycles. The summed E-state index contributed by atoms with van der Waals surface area (Å²) in [6.07, 6.45) is -2.47. The van der Waals surface area contributed by atoms with Gasteiger partial charge in [0.05, 0.1) is 23.5 Å². The molecule has 1 amide bonds. The molecule has 0 radical (unpaired) electrons.